The molecule has 1 saturated heterocycles. The van der Waals surface area contributed by atoms with Gasteiger partial charge in [0.05, 0.1) is 6.20 Å². The van der Waals surface area contributed by atoms with E-state index in [2.05, 4.69) is 49.3 Å². The van der Waals surface area contributed by atoms with E-state index in [9.17, 15) is 4.79 Å². The average Bonchev–Trinajstić information content (AvgIpc) is 2.99. The summed E-state index contributed by atoms with van der Waals surface area (Å²) >= 11 is 0. The van der Waals surface area contributed by atoms with Crippen molar-refractivity contribution in [3.8, 4) is 0 Å². The zero-order chi connectivity index (χ0) is 18.2. The van der Waals surface area contributed by atoms with E-state index >= 15 is 0 Å². The summed E-state index contributed by atoms with van der Waals surface area (Å²) in [5.74, 6) is 1.89. The number of carbonyl (C=O) groups is 1. The third-order valence-corrected chi connectivity index (χ3v) is 5.14. The number of aryl methyl sites for hydroxylation is 1. The first-order valence-electron chi connectivity index (χ1n) is 9.89. The van der Waals surface area contributed by atoms with Gasteiger partial charge in [0, 0.05) is 25.7 Å². The Balaban J connectivity index is 1.61. The molecule has 2 heterocycles. The van der Waals surface area contributed by atoms with Crippen LogP contribution in [0.1, 0.15) is 52.0 Å². The summed E-state index contributed by atoms with van der Waals surface area (Å²) in [5.41, 5.74) is 1.30. The van der Waals surface area contributed by atoms with Gasteiger partial charge in [0.15, 0.2) is 0 Å². The van der Waals surface area contributed by atoms with Crippen molar-refractivity contribution in [3.63, 3.8) is 0 Å². The Kier molecular flexibility index (Phi) is 7.94. The highest BCUT2D eigenvalue weighted by atomic mass is 16.1. The van der Waals surface area contributed by atoms with Crippen LogP contribution in [0.3, 0.4) is 0 Å². The molecule has 142 valence electrons. The smallest absolute Gasteiger partial charge is 0.220 e. The first kappa shape index (κ1) is 20.0. The third-order valence-electron chi connectivity index (χ3n) is 5.14. The molecule has 1 N–H and O–H groups in total. The number of amides is 1. The van der Waals surface area contributed by atoms with Crippen molar-refractivity contribution in [2.75, 3.05) is 26.7 Å². The first-order chi connectivity index (χ1) is 11.9. The zero-order valence-electron chi connectivity index (χ0n) is 16.5. The molecule has 5 heteroatoms. The van der Waals surface area contributed by atoms with Crippen LogP contribution < -0.4 is 5.32 Å². The minimum absolute atomic E-state index is 0.201. The van der Waals surface area contributed by atoms with Gasteiger partial charge in [0.25, 0.3) is 0 Å². The maximum absolute atomic E-state index is 12.2. The molecule has 1 fully saturated rings. The predicted octanol–water partition coefficient (Wildman–Crippen LogP) is 2.96. The zero-order valence-corrected chi connectivity index (χ0v) is 16.5. The number of hydrogen-bond acceptors (Lipinski definition) is 3. The van der Waals surface area contributed by atoms with Gasteiger partial charge in [-0.15, -0.1) is 0 Å². The summed E-state index contributed by atoms with van der Waals surface area (Å²) in [4.78, 5) is 14.5. The Labute approximate surface area is 153 Å². The number of likely N-dealkylation sites (tertiary alicyclic amines) is 1. The lowest BCUT2D eigenvalue weighted by atomic mass is 9.97. The van der Waals surface area contributed by atoms with Crippen LogP contribution in [0.15, 0.2) is 12.4 Å². The Morgan fingerprint density at radius 1 is 1.32 bits per heavy atom. The molecule has 0 saturated carbocycles. The van der Waals surface area contributed by atoms with E-state index in [0.29, 0.717) is 24.2 Å². The molecule has 1 aromatic rings. The Morgan fingerprint density at radius 3 is 2.72 bits per heavy atom. The van der Waals surface area contributed by atoms with Gasteiger partial charge in [-0.1, -0.05) is 20.8 Å². The fraction of sp³-hybridized carbons (Fsp3) is 0.800. The molecular weight excluding hydrogens is 312 g/mol. The lowest BCUT2D eigenvalue weighted by Gasteiger charge is -2.29. The van der Waals surface area contributed by atoms with Gasteiger partial charge in [0.1, 0.15) is 0 Å². The molecule has 1 unspecified atom stereocenters. The number of carbonyl (C=O) groups excluding carboxylic acids is 1. The number of nitrogens with one attached hydrogen (secondary N) is 1. The van der Waals surface area contributed by atoms with Gasteiger partial charge >= 0.3 is 0 Å². The van der Waals surface area contributed by atoms with Crippen LogP contribution in [0.2, 0.25) is 0 Å². The molecule has 2 rings (SSSR count). The predicted molar refractivity (Wildman–Crippen MR) is 102 cm³/mol. The van der Waals surface area contributed by atoms with Gasteiger partial charge in [-0.25, -0.2) is 0 Å². The van der Waals surface area contributed by atoms with Crippen LogP contribution in [0.5, 0.6) is 0 Å². The molecule has 0 spiro atoms. The molecule has 1 aliphatic rings. The lowest BCUT2D eigenvalue weighted by Crippen LogP contribution is -2.37. The highest BCUT2D eigenvalue weighted by molar-refractivity contribution is 5.76. The molecule has 0 aliphatic carbocycles. The maximum atomic E-state index is 12.2. The second kappa shape index (κ2) is 9.95. The molecular formula is C20H36N4O. The molecule has 1 aromatic heterocycles. The fourth-order valence-electron chi connectivity index (χ4n) is 3.47. The summed E-state index contributed by atoms with van der Waals surface area (Å²) in [6, 6.07) is 0. The Hall–Kier alpha value is -1.36. The van der Waals surface area contributed by atoms with Crippen LogP contribution in [0, 0.1) is 17.8 Å². The van der Waals surface area contributed by atoms with Crippen LogP contribution in [0.4, 0.5) is 0 Å². The number of hydrogen-bond donors (Lipinski definition) is 1. The van der Waals surface area contributed by atoms with Crippen LogP contribution in [-0.2, 0) is 17.8 Å². The van der Waals surface area contributed by atoms with Crippen molar-refractivity contribution in [1.82, 2.24) is 20.0 Å². The van der Waals surface area contributed by atoms with Gasteiger partial charge in [-0.2, -0.15) is 5.10 Å². The molecule has 0 aromatic carbocycles. The van der Waals surface area contributed by atoms with E-state index in [-0.39, 0.29) is 5.91 Å². The number of piperidine rings is 1. The van der Waals surface area contributed by atoms with E-state index < -0.39 is 0 Å². The largest absolute Gasteiger partial charge is 0.356 e. The normalized spacial score (nSPS) is 17.8. The summed E-state index contributed by atoms with van der Waals surface area (Å²) in [5, 5.41) is 7.58. The summed E-state index contributed by atoms with van der Waals surface area (Å²) < 4.78 is 2.02. The first-order valence-corrected chi connectivity index (χ1v) is 9.89. The van der Waals surface area contributed by atoms with E-state index in [0.717, 1.165) is 39.0 Å². The summed E-state index contributed by atoms with van der Waals surface area (Å²) in [7, 11) is 2.17. The topological polar surface area (TPSA) is 50.2 Å². The molecule has 1 amide bonds. The molecule has 25 heavy (non-hydrogen) atoms. The average molecular weight is 349 g/mol. The maximum Gasteiger partial charge on any atom is 0.220 e. The van der Waals surface area contributed by atoms with E-state index in [1.807, 2.05) is 10.9 Å². The van der Waals surface area contributed by atoms with E-state index in [1.54, 1.807) is 0 Å². The minimum atomic E-state index is 0.201. The second-order valence-corrected chi connectivity index (χ2v) is 8.36. The Bertz CT molecular complexity index is 518. The van der Waals surface area contributed by atoms with E-state index in [4.69, 9.17) is 0 Å². The lowest BCUT2D eigenvalue weighted by molar-refractivity contribution is -0.122. The molecule has 1 aliphatic heterocycles. The molecule has 5 nitrogen and oxygen atoms in total. The van der Waals surface area contributed by atoms with Crippen molar-refractivity contribution in [3.05, 3.63) is 18.0 Å². The summed E-state index contributed by atoms with van der Waals surface area (Å²) in [6.45, 7) is 10.7. The Morgan fingerprint density at radius 2 is 2.04 bits per heavy atom. The quantitative estimate of drug-likeness (QED) is 0.746. The standard InChI is InChI=1S/C20H36N4O/c1-16(2)11-19-14-22-24(15-19)10-5-17(3)12-20(25)21-13-18-6-8-23(4)9-7-18/h14-18H,5-13H2,1-4H3,(H,21,25). The van der Waals surface area contributed by atoms with E-state index in [1.165, 1.54) is 18.4 Å². The van der Waals surface area contributed by atoms with Gasteiger partial charge in [0.2, 0.25) is 5.91 Å². The summed E-state index contributed by atoms with van der Waals surface area (Å²) in [6.07, 6.45) is 9.20. The van der Waals surface area contributed by atoms with Crippen LogP contribution in [0.25, 0.3) is 0 Å². The van der Waals surface area contributed by atoms with Crippen LogP contribution >= 0.6 is 0 Å². The highest BCUT2D eigenvalue weighted by Crippen LogP contribution is 2.15. The van der Waals surface area contributed by atoms with Crippen molar-refractivity contribution in [1.29, 1.82) is 0 Å². The number of aromatic nitrogens is 2. The van der Waals surface area contributed by atoms with Gasteiger partial charge in [-0.3, -0.25) is 9.48 Å². The van der Waals surface area contributed by atoms with Crippen molar-refractivity contribution >= 4 is 5.91 Å². The molecule has 0 radical (unpaired) electrons. The molecule has 0 bridgehead atoms. The second-order valence-electron chi connectivity index (χ2n) is 8.36. The highest BCUT2D eigenvalue weighted by Gasteiger charge is 2.17. The SMILES string of the molecule is CC(C)Cc1cnn(CCC(C)CC(=O)NCC2CCN(C)CC2)c1. The molecule has 1 atom stereocenters. The van der Waals surface area contributed by atoms with Crippen molar-refractivity contribution in [2.24, 2.45) is 17.8 Å². The van der Waals surface area contributed by atoms with Crippen molar-refractivity contribution in [2.45, 2.75) is 59.4 Å². The van der Waals surface area contributed by atoms with Crippen LogP contribution in [-0.4, -0.2) is 47.3 Å². The minimum Gasteiger partial charge on any atom is -0.356 e. The van der Waals surface area contributed by atoms with Gasteiger partial charge < -0.3 is 10.2 Å². The number of rotatable bonds is 9. The van der Waals surface area contributed by atoms with Crippen molar-refractivity contribution < 1.29 is 4.79 Å². The van der Waals surface area contributed by atoms with Gasteiger partial charge in [-0.05, 0) is 69.1 Å². The monoisotopic (exact) mass is 348 g/mol. The third kappa shape index (κ3) is 7.59. The number of nitrogens with zero attached hydrogens (tertiary/aromatic N) is 3. The fourth-order valence-corrected chi connectivity index (χ4v) is 3.47.